The summed E-state index contributed by atoms with van der Waals surface area (Å²) in [4.78, 5) is 38.4. The number of nitrogens with one attached hydrogen (secondary N) is 2. The molecule has 1 fully saturated rings. The summed E-state index contributed by atoms with van der Waals surface area (Å²) in [6, 6.07) is 13.9. The first-order valence-corrected chi connectivity index (χ1v) is 8.86. The van der Waals surface area contributed by atoms with Gasteiger partial charge in [0.2, 0.25) is 5.91 Å². The van der Waals surface area contributed by atoms with Crippen molar-refractivity contribution in [2.75, 3.05) is 11.9 Å². The summed E-state index contributed by atoms with van der Waals surface area (Å²) < 4.78 is 0.710. The van der Waals surface area contributed by atoms with E-state index >= 15 is 0 Å². The van der Waals surface area contributed by atoms with Gasteiger partial charge >= 0.3 is 6.03 Å². The summed E-state index contributed by atoms with van der Waals surface area (Å²) >= 11 is 3.41. The molecule has 1 heterocycles. The van der Waals surface area contributed by atoms with Crippen molar-refractivity contribution in [2.24, 2.45) is 0 Å². The number of amides is 4. The number of rotatable bonds is 4. The summed E-state index contributed by atoms with van der Waals surface area (Å²) in [5, 5.41) is 5.38. The lowest BCUT2D eigenvalue weighted by Gasteiger charge is -2.23. The molecule has 2 aromatic carbocycles. The molecule has 2 aromatic rings. The molecular formula is C19H18BrN3O3. The Morgan fingerprint density at radius 1 is 1.15 bits per heavy atom. The van der Waals surface area contributed by atoms with E-state index in [0.717, 1.165) is 10.5 Å². The van der Waals surface area contributed by atoms with Crippen molar-refractivity contribution < 1.29 is 14.4 Å². The minimum absolute atomic E-state index is 0.349. The number of halogens is 1. The van der Waals surface area contributed by atoms with E-state index in [1.165, 1.54) is 0 Å². The van der Waals surface area contributed by atoms with E-state index in [9.17, 15) is 14.4 Å². The maximum absolute atomic E-state index is 12.9. The standard InChI is InChI=1S/C19H18BrN3O3/c1-12-7-9-13(10-8-12)21-16(24)11-23-17(25)19(2,22-18(23)26)14-5-3-4-6-15(14)20/h3-10H,11H2,1-2H3,(H,21,24)(H,22,26). The van der Waals surface area contributed by atoms with Crippen LogP contribution in [-0.2, 0) is 15.1 Å². The Kier molecular flexibility index (Phi) is 4.82. The first-order valence-electron chi connectivity index (χ1n) is 8.07. The van der Waals surface area contributed by atoms with Crippen LogP contribution in [0.4, 0.5) is 10.5 Å². The van der Waals surface area contributed by atoms with Gasteiger partial charge in [0.1, 0.15) is 12.1 Å². The molecule has 0 bridgehead atoms. The lowest BCUT2D eigenvalue weighted by Crippen LogP contribution is -2.42. The van der Waals surface area contributed by atoms with Crippen molar-refractivity contribution in [3.63, 3.8) is 0 Å². The van der Waals surface area contributed by atoms with E-state index in [1.54, 1.807) is 37.3 Å². The fourth-order valence-electron chi connectivity index (χ4n) is 2.87. The Morgan fingerprint density at radius 3 is 2.46 bits per heavy atom. The van der Waals surface area contributed by atoms with E-state index in [-0.39, 0.29) is 6.54 Å². The summed E-state index contributed by atoms with van der Waals surface area (Å²) in [7, 11) is 0. The van der Waals surface area contributed by atoms with Gasteiger partial charge in [0, 0.05) is 15.7 Å². The van der Waals surface area contributed by atoms with Gasteiger partial charge in [-0.15, -0.1) is 0 Å². The second-order valence-corrected chi connectivity index (χ2v) is 7.19. The molecule has 1 atom stereocenters. The van der Waals surface area contributed by atoms with E-state index in [2.05, 4.69) is 26.6 Å². The molecule has 1 saturated heterocycles. The zero-order valence-electron chi connectivity index (χ0n) is 14.4. The number of benzene rings is 2. The van der Waals surface area contributed by atoms with Crippen LogP contribution in [0.25, 0.3) is 0 Å². The Morgan fingerprint density at radius 2 is 1.81 bits per heavy atom. The maximum atomic E-state index is 12.9. The van der Waals surface area contributed by atoms with Crippen LogP contribution in [0.2, 0.25) is 0 Å². The van der Waals surface area contributed by atoms with Crippen LogP contribution in [-0.4, -0.2) is 29.3 Å². The molecule has 0 aliphatic carbocycles. The van der Waals surface area contributed by atoms with E-state index < -0.39 is 23.4 Å². The minimum Gasteiger partial charge on any atom is -0.325 e. The smallest absolute Gasteiger partial charge is 0.325 e. The third-order valence-corrected chi connectivity index (χ3v) is 5.02. The molecule has 7 heteroatoms. The number of urea groups is 1. The molecule has 2 N–H and O–H groups in total. The summed E-state index contributed by atoms with van der Waals surface area (Å²) in [6.07, 6.45) is 0. The largest absolute Gasteiger partial charge is 0.325 e. The van der Waals surface area contributed by atoms with Gasteiger partial charge in [-0.05, 0) is 32.0 Å². The van der Waals surface area contributed by atoms with Gasteiger partial charge in [-0.1, -0.05) is 51.8 Å². The van der Waals surface area contributed by atoms with Crippen LogP contribution in [0, 0.1) is 6.92 Å². The lowest BCUT2D eigenvalue weighted by atomic mass is 9.92. The highest BCUT2D eigenvalue weighted by molar-refractivity contribution is 9.10. The van der Waals surface area contributed by atoms with Gasteiger partial charge in [-0.25, -0.2) is 4.79 Å². The topological polar surface area (TPSA) is 78.5 Å². The van der Waals surface area contributed by atoms with Crippen LogP contribution in [0.1, 0.15) is 18.1 Å². The molecule has 0 aromatic heterocycles. The Labute approximate surface area is 159 Å². The fourth-order valence-corrected chi connectivity index (χ4v) is 3.55. The molecule has 0 spiro atoms. The normalized spacial score (nSPS) is 19.4. The maximum Gasteiger partial charge on any atom is 0.325 e. The van der Waals surface area contributed by atoms with Crippen LogP contribution < -0.4 is 10.6 Å². The van der Waals surface area contributed by atoms with Crippen LogP contribution in [0.15, 0.2) is 53.0 Å². The molecule has 6 nitrogen and oxygen atoms in total. The van der Waals surface area contributed by atoms with E-state index in [0.29, 0.717) is 15.7 Å². The van der Waals surface area contributed by atoms with Crippen LogP contribution >= 0.6 is 15.9 Å². The monoisotopic (exact) mass is 415 g/mol. The zero-order chi connectivity index (χ0) is 18.9. The molecule has 3 rings (SSSR count). The van der Waals surface area contributed by atoms with Gasteiger partial charge in [0.15, 0.2) is 0 Å². The van der Waals surface area contributed by atoms with Crippen LogP contribution in [0.5, 0.6) is 0 Å². The van der Waals surface area contributed by atoms with Gasteiger partial charge < -0.3 is 10.6 Å². The molecule has 4 amide bonds. The highest BCUT2D eigenvalue weighted by Crippen LogP contribution is 2.33. The third kappa shape index (κ3) is 3.35. The summed E-state index contributed by atoms with van der Waals surface area (Å²) in [6.45, 7) is 3.23. The number of imide groups is 1. The van der Waals surface area contributed by atoms with E-state index in [4.69, 9.17) is 0 Å². The minimum atomic E-state index is -1.22. The lowest BCUT2D eigenvalue weighted by molar-refractivity contribution is -0.133. The number of anilines is 1. The molecule has 0 radical (unpaired) electrons. The average molecular weight is 416 g/mol. The second-order valence-electron chi connectivity index (χ2n) is 6.34. The number of hydrogen-bond donors (Lipinski definition) is 2. The Bertz CT molecular complexity index is 882. The second kappa shape index (κ2) is 6.92. The molecule has 1 aliphatic heterocycles. The molecular weight excluding hydrogens is 398 g/mol. The van der Waals surface area contributed by atoms with Crippen molar-refractivity contribution in [1.29, 1.82) is 0 Å². The van der Waals surface area contributed by atoms with Gasteiger partial charge in [0.25, 0.3) is 5.91 Å². The van der Waals surface area contributed by atoms with Crippen molar-refractivity contribution in [1.82, 2.24) is 10.2 Å². The fraction of sp³-hybridized carbons (Fsp3) is 0.211. The third-order valence-electron chi connectivity index (χ3n) is 4.32. The SMILES string of the molecule is Cc1ccc(NC(=O)CN2C(=O)NC(C)(c3ccccc3Br)C2=O)cc1. The number of nitrogens with zero attached hydrogens (tertiary/aromatic N) is 1. The first-order chi connectivity index (χ1) is 12.3. The quantitative estimate of drug-likeness (QED) is 0.752. The first kappa shape index (κ1) is 18.1. The summed E-state index contributed by atoms with van der Waals surface area (Å²) in [5.74, 6) is -0.901. The zero-order valence-corrected chi connectivity index (χ0v) is 16.0. The predicted octanol–water partition coefficient (Wildman–Crippen LogP) is 3.16. The molecule has 0 saturated carbocycles. The van der Waals surface area contributed by atoms with Gasteiger partial charge in [0.05, 0.1) is 0 Å². The van der Waals surface area contributed by atoms with Crippen molar-refractivity contribution in [2.45, 2.75) is 19.4 Å². The van der Waals surface area contributed by atoms with E-state index in [1.807, 2.05) is 25.1 Å². The molecule has 1 unspecified atom stereocenters. The Hall–Kier alpha value is -2.67. The van der Waals surface area contributed by atoms with Crippen molar-refractivity contribution >= 4 is 39.5 Å². The van der Waals surface area contributed by atoms with Gasteiger partial charge in [-0.2, -0.15) is 0 Å². The van der Waals surface area contributed by atoms with Crippen molar-refractivity contribution in [3.05, 3.63) is 64.1 Å². The number of hydrogen-bond acceptors (Lipinski definition) is 3. The molecule has 26 heavy (non-hydrogen) atoms. The highest BCUT2D eigenvalue weighted by Gasteiger charge is 2.50. The predicted molar refractivity (Wildman–Crippen MR) is 102 cm³/mol. The number of carbonyl (C=O) groups excluding carboxylic acids is 3. The molecule has 1 aliphatic rings. The summed E-state index contributed by atoms with van der Waals surface area (Å²) in [5.41, 5.74) is 1.10. The average Bonchev–Trinajstić information content (AvgIpc) is 2.81. The van der Waals surface area contributed by atoms with Crippen LogP contribution in [0.3, 0.4) is 0 Å². The number of carbonyl (C=O) groups is 3. The number of aryl methyl sites for hydroxylation is 1. The molecule has 134 valence electrons. The van der Waals surface area contributed by atoms with Crippen molar-refractivity contribution in [3.8, 4) is 0 Å². The van der Waals surface area contributed by atoms with Gasteiger partial charge in [-0.3, -0.25) is 14.5 Å². The highest BCUT2D eigenvalue weighted by atomic mass is 79.9. The Balaban J connectivity index is 1.76.